The van der Waals surface area contributed by atoms with Crippen LogP contribution < -0.4 is 20.7 Å². The van der Waals surface area contributed by atoms with Gasteiger partial charge in [0.05, 0.1) is 13.2 Å². The molecule has 28 heavy (non-hydrogen) atoms. The average Bonchev–Trinajstić information content (AvgIpc) is 3.33. The van der Waals surface area contributed by atoms with Gasteiger partial charge in [0.1, 0.15) is 5.75 Å². The van der Waals surface area contributed by atoms with E-state index in [1.165, 1.54) is 24.0 Å². The van der Waals surface area contributed by atoms with Crippen LogP contribution in [0.2, 0.25) is 0 Å². The zero-order valence-corrected chi connectivity index (χ0v) is 19.1. The molecule has 0 radical (unpaired) electrons. The van der Waals surface area contributed by atoms with Crippen molar-refractivity contribution in [3.05, 3.63) is 29.3 Å². The van der Waals surface area contributed by atoms with Gasteiger partial charge in [0.15, 0.2) is 5.96 Å². The largest absolute Gasteiger partial charge is 0.493 e. The highest BCUT2D eigenvalue weighted by atomic mass is 127. The van der Waals surface area contributed by atoms with Crippen molar-refractivity contribution in [3.8, 4) is 5.75 Å². The normalized spacial score (nSPS) is 16.1. The summed E-state index contributed by atoms with van der Waals surface area (Å²) in [5.74, 6) is 1.91. The molecule has 1 heterocycles. The van der Waals surface area contributed by atoms with Crippen LogP contribution >= 0.6 is 24.0 Å². The van der Waals surface area contributed by atoms with Gasteiger partial charge in [0, 0.05) is 32.0 Å². The van der Waals surface area contributed by atoms with E-state index in [1.807, 2.05) is 6.92 Å². The second-order valence-electron chi connectivity index (χ2n) is 7.28. The third kappa shape index (κ3) is 7.14. The molecule has 1 amide bonds. The zero-order valence-electron chi connectivity index (χ0n) is 16.8. The van der Waals surface area contributed by atoms with Crippen LogP contribution in [-0.4, -0.2) is 44.1 Å². The van der Waals surface area contributed by atoms with E-state index < -0.39 is 0 Å². The van der Waals surface area contributed by atoms with Crippen molar-refractivity contribution in [2.45, 2.75) is 57.9 Å². The van der Waals surface area contributed by atoms with Gasteiger partial charge in [-0.15, -0.1) is 24.0 Å². The number of carbonyl (C=O) groups is 1. The van der Waals surface area contributed by atoms with Crippen molar-refractivity contribution in [3.63, 3.8) is 0 Å². The summed E-state index contributed by atoms with van der Waals surface area (Å²) in [5.41, 5.74) is 2.61. The van der Waals surface area contributed by atoms with E-state index >= 15 is 0 Å². The number of hydrogen-bond donors (Lipinski definition) is 3. The number of ether oxygens (including phenoxy) is 1. The summed E-state index contributed by atoms with van der Waals surface area (Å²) in [6.07, 6.45) is 7.08. The van der Waals surface area contributed by atoms with Crippen molar-refractivity contribution in [1.82, 2.24) is 16.0 Å². The summed E-state index contributed by atoms with van der Waals surface area (Å²) in [6, 6.07) is 6.82. The van der Waals surface area contributed by atoms with E-state index in [2.05, 4.69) is 39.1 Å². The lowest BCUT2D eigenvalue weighted by Crippen LogP contribution is -2.38. The highest BCUT2D eigenvalue weighted by Crippen LogP contribution is 2.25. The maximum absolute atomic E-state index is 12.0. The summed E-state index contributed by atoms with van der Waals surface area (Å²) >= 11 is 0. The van der Waals surface area contributed by atoms with Crippen LogP contribution in [0.5, 0.6) is 5.75 Å². The lowest BCUT2D eigenvalue weighted by atomic mass is 10.1. The molecule has 156 valence electrons. The standard InChI is InChI=1S/C21H32N4O2.HI/c1-2-22-21(24-13-10-20(26)25-18-5-3-4-6-18)23-12-9-16-7-8-19-17(15-16)11-14-27-19;/h7-8,15,18H,2-6,9-14H2,1H3,(H,25,26)(H2,22,23,24);1H. The van der Waals surface area contributed by atoms with Crippen LogP contribution in [0.1, 0.15) is 50.2 Å². The number of hydrogen-bond acceptors (Lipinski definition) is 3. The maximum Gasteiger partial charge on any atom is 0.222 e. The minimum absolute atomic E-state index is 0. The first-order valence-corrected chi connectivity index (χ1v) is 10.3. The molecule has 6 nitrogen and oxygen atoms in total. The molecule has 3 rings (SSSR count). The summed E-state index contributed by atoms with van der Waals surface area (Å²) in [6.45, 7) is 4.95. The Morgan fingerprint density at radius 3 is 2.86 bits per heavy atom. The Balaban J connectivity index is 0.00000280. The predicted octanol–water partition coefficient (Wildman–Crippen LogP) is 2.79. The maximum atomic E-state index is 12.0. The van der Waals surface area contributed by atoms with E-state index in [0.717, 1.165) is 57.1 Å². The van der Waals surface area contributed by atoms with E-state index in [1.54, 1.807) is 0 Å². The van der Waals surface area contributed by atoms with Gasteiger partial charge in [-0.25, -0.2) is 0 Å². The summed E-state index contributed by atoms with van der Waals surface area (Å²) in [7, 11) is 0. The van der Waals surface area contributed by atoms with Gasteiger partial charge in [0.25, 0.3) is 0 Å². The quantitative estimate of drug-likeness (QED) is 0.292. The van der Waals surface area contributed by atoms with Crippen LogP contribution in [0.4, 0.5) is 0 Å². The highest BCUT2D eigenvalue weighted by molar-refractivity contribution is 14.0. The van der Waals surface area contributed by atoms with Gasteiger partial charge in [-0.3, -0.25) is 9.79 Å². The van der Waals surface area contributed by atoms with Crippen LogP contribution in [0.25, 0.3) is 0 Å². The monoisotopic (exact) mass is 500 g/mol. The SMILES string of the molecule is CCNC(=NCCC(=O)NC1CCCC1)NCCc1ccc2c(c1)CCO2.I. The Morgan fingerprint density at radius 2 is 2.07 bits per heavy atom. The number of rotatable bonds is 8. The topological polar surface area (TPSA) is 74.8 Å². The summed E-state index contributed by atoms with van der Waals surface area (Å²) in [5, 5.41) is 9.71. The number of nitrogens with one attached hydrogen (secondary N) is 3. The highest BCUT2D eigenvalue weighted by Gasteiger charge is 2.16. The molecule has 1 fully saturated rings. The van der Waals surface area contributed by atoms with E-state index in [4.69, 9.17) is 4.74 Å². The van der Waals surface area contributed by atoms with Gasteiger partial charge in [-0.2, -0.15) is 0 Å². The smallest absolute Gasteiger partial charge is 0.222 e. The first kappa shape index (κ1) is 22.8. The van der Waals surface area contributed by atoms with E-state index in [-0.39, 0.29) is 29.9 Å². The zero-order chi connectivity index (χ0) is 18.9. The second kappa shape index (κ2) is 12.1. The summed E-state index contributed by atoms with van der Waals surface area (Å²) < 4.78 is 5.56. The molecule has 0 saturated heterocycles. The first-order valence-electron chi connectivity index (χ1n) is 10.3. The third-order valence-corrected chi connectivity index (χ3v) is 5.13. The lowest BCUT2D eigenvalue weighted by molar-refractivity contribution is -0.121. The fourth-order valence-electron chi connectivity index (χ4n) is 3.70. The van der Waals surface area contributed by atoms with Crippen LogP contribution in [-0.2, 0) is 17.6 Å². The molecule has 0 aromatic heterocycles. The van der Waals surface area contributed by atoms with Gasteiger partial charge in [-0.1, -0.05) is 25.0 Å². The average molecular weight is 500 g/mol. The number of fused-ring (bicyclic) bond motifs is 1. The van der Waals surface area contributed by atoms with Gasteiger partial charge < -0.3 is 20.7 Å². The first-order chi connectivity index (χ1) is 13.2. The molecule has 1 aromatic carbocycles. The number of guanidine groups is 1. The Morgan fingerprint density at radius 1 is 1.25 bits per heavy atom. The second-order valence-corrected chi connectivity index (χ2v) is 7.28. The molecule has 2 aliphatic rings. The van der Waals surface area contributed by atoms with Crippen molar-refractivity contribution < 1.29 is 9.53 Å². The fourth-order valence-corrected chi connectivity index (χ4v) is 3.70. The number of halogens is 1. The Labute approximate surface area is 185 Å². The van der Waals surface area contributed by atoms with Gasteiger partial charge in [0.2, 0.25) is 5.91 Å². The van der Waals surface area contributed by atoms with Crippen molar-refractivity contribution >= 4 is 35.8 Å². The lowest BCUT2D eigenvalue weighted by Gasteiger charge is -2.13. The Kier molecular flexibility index (Phi) is 9.87. The Hall–Kier alpha value is -1.51. The molecule has 1 aliphatic heterocycles. The Bertz CT molecular complexity index is 660. The summed E-state index contributed by atoms with van der Waals surface area (Å²) in [4.78, 5) is 16.5. The molecule has 1 saturated carbocycles. The minimum atomic E-state index is 0. The van der Waals surface area contributed by atoms with Crippen molar-refractivity contribution in [2.75, 3.05) is 26.2 Å². The van der Waals surface area contributed by atoms with E-state index in [0.29, 0.717) is 19.0 Å². The van der Waals surface area contributed by atoms with Crippen molar-refractivity contribution in [2.24, 2.45) is 4.99 Å². The van der Waals surface area contributed by atoms with Crippen LogP contribution in [0.15, 0.2) is 23.2 Å². The molecule has 7 heteroatoms. The molecule has 0 unspecified atom stereocenters. The molecular weight excluding hydrogens is 467 g/mol. The number of benzene rings is 1. The number of aliphatic imine (C=N–C) groups is 1. The molecular formula is C21H33IN4O2. The van der Waals surface area contributed by atoms with E-state index in [9.17, 15) is 4.79 Å². The third-order valence-electron chi connectivity index (χ3n) is 5.13. The number of carbonyl (C=O) groups excluding carboxylic acids is 1. The molecule has 1 aliphatic carbocycles. The molecule has 1 aromatic rings. The molecule has 0 atom stereocenters. The van der Waals surface area contributed by atoms with Crippen LogP contribution in [0.3, 0.4) is 0 Å². The fraction of sp³-hybridized carbons (Fsp3) is 0.619. The molecule has 0 spiro atoms. The predicted molar refractivity (Wildman–Crippen MR) is 124 cm³/mol. The number of nitrogens with zero attached hydrogens (tertiary/aromatic N) is 1. The van der Waals surface area contributed by atoms with Crippen LogP contribution in [0, 0.1) is 0 Å². The minimum Gasteiger partial charge on any atom is -0.493 e. The van der Waals surface area contributed by atoms with Gasteiger partial charge in [-0.05, 0) is 43.4 Å². The molecule has 0 bridgehead atoms. The number of amides is 1. The van der Waals surface area contributed by atoms with Gasteiger partial charge >= 0.3 is 0 Å². The molecule has 3 N–H and O–H groups in total. The van der Waals surface area contributed by atoms with Crippen molar-refractivity contribution in [1.29, 1.82) is 0 Å².